The first-order chi connectivity index (χ1) is 9.12. The molecular weight excluding hydrogens is 387 g/mol. The van der Waals surface area contributed by atoms with Gasteiger partial charge < -0.3 is 29.9 Å². The minimum Gasteiger partial charge on any atom is -0.359 e. The molecule has 3 N–H and O–H groups in total. The van der Waals surface area contributed by atoms with Crippen molar-refractivity contribution >= 4 is 87.7 Å². The van der Waals surface area contributed by atoms with Crippen molar-refractivity contribution in [3.63, 3.8) is 0 Å². The molecule has 2 unspecified atom stereocenters. The fourth-order valence-corrected chi connectivity index (χ4v) is 51.4. The predicted octanol–water partition coefficient (Wildman–Crippen LogP) is -9.32. The molecule has 2 saturated heterocycles. The highest BCUT2D eigenvalue weighted by Gasteiger charge is 2.48. The van der Waals surface area contributed by atoms with Crippen LogP contribution in [0.3, 0.4) is 0 Å². The summed E-state index contributed by atoms with van der Waals surface area (Å²) >= 11 is 0. The second-order valence-electron chi connectivity index (χ2n) is 5.47. The normalized spacial score (nSPS) is 35.8. The van der Waals surface area contributed by atoms with Gasteiger partial charge in [0.25, 0.3) is 0 Å². The molecular formula is C3H29N7Si9. The van der Waals surface area contributed by atoms with E-state index in [4.69, 9.17) is 5.40 Å². The summed E-state index contributed by atoms with van der Waals surface area (Å²) in [5.74, 6) is 0. The van der Waals surface area contributed by atoms with Gasteiger partial charge in [-0.25, -0.2) is 0 Å². The lowest BCUT2D eigenvalue weighted by Crippen LogP contribution is -2.89. The monoisotopic (exact) mass is 415 g/mol. The molecule has 0 spiro atoms. The van der Waals surface area contributed by atoms with Crippen LogP contribution in [0.5, 0.6) is 0 Å². The van der Waals surface area contributed by atoms with Gasteiger partial charge in [-0.15, -0.1) is 0 Å². The molecule has 0 saturated carbocycles. The number of rotatable bonds is 6. The van der Waals surface area contributed by atoms with Crippen LogP contribution in [0.15, 0.2) is 0 Å². The summed E-state index contributed by atoms with van der Waals surface area (Å²) in [6.07, 6.45) is 0. The number of nitrogens with two attached hydrogens (primary N) is 1. The third-order valence-electron chi connectivity index (χ3n) is 4.15. The third kappa shape index (κ3) is 3.71. The van der Waals surface area contributed by atoms with Gasteiger partial charge in [-0.3, -0.25) is 0 Å². The Balaban J connectivity index is 1.96. The van der Waals surface area contributed by atoms with Crippen molar-refractivity contribution in [2.24, 2.45) is 5.40 Å². The van der Waals surface area contributed by atoms with E-state index in [9.17, 15) is 0 Å². The van der Waals surface area contributed by atoms with E-state index in [1.54, 1.807) is 0 Å². The summed E-state index contributed by atoms with van der Waals surface area (Å²) in [6.45, 7) is 4.90. The maximum absolute atomic E-state index is 5.99. The Labute approximate surface area is 137 Å². The van der Waals surface area contributed by atoms with Crippen molar-refractivity contribution in [2.45, 2.75) is 13.1 Å². The number of nitrogens with zero attached hydrogens (tertiary/aromatic N) is 5. The van der Waals surface area contributed by atoms with Crippen molar-refractivity contribution in [3.05, 3.63) is 0 Å². The van der Waals surface area contributed by atoms with E-state index in [0.29, 0.717) is 0 Å². The number of hydrogen-bond donors (Lipinski definition) is 2. The highest BCUT2D eigenvalue weighted by atomic mass is 28.5. The lowest BCUT2D eigenvalue weighted by Gasteiger charge is -2.61. The highest BCUT2D eigenvalue weighted by molar-refractivity contribution is 6.99. The molecule has 112 valence electrons. The van der Waals surface area contributed by atoms with E-state index < -0.39 is 18.6 Å². The molecule has 7 nitrogen and oxygen atoms in total. The zero-order valence-corrected chi connectivity index (χ0v) is 25.5. The van der Waals surface area contributed by atoms with E-state index >= 15 is 0 Å². The van der Waals surface area contributed by atoms with Gasteiger partial charge >= 0.3 is 0 Å². The van der Waals surface area contributed by atoms with E-state index in [1.165, 1.54) is 10.4 Å². The Morgan fingerprint density at radius 3 is 2.63 bits per heavy atom. The molecule has 2 fully saturated rings. The van der Waals surface area contributed by atoms with Crippen molar-refractivity contribution in [2.75, 3.05) is 7.05 Å². The van der Waals surface area contributed by atoms with Crippen LogP contribution >= 0.6 is 0 Å². The Morgan fingerprint density at radius 2 is 2.11 bits per heavy atom. The lowest BCUT2D eigenvalue weighted by atomic mass is 11.6. The molecule has 2 aliphatic rings. The van der Waals surface area contributed by atoms with Crippen molar-refractivity contribution in [1.29, 1.82) is 0 Å². The smallest absolute Gasteiger partial charge is 0.241 e. The topological polar surface area (TPSA) is 54.3 Å². The zero-order chi connectivity index (χ0) is 14.0. The van der Waals surface area contributed by atoms with Crippen molar-refractivity contribution < 1.29 is 0 Å². The van der Waals surface area contributed by atoms with Gasteiger partial charge in [0.1, 0.15) is 0 Å². The van der Waals surface area contributed by atoms with E-state index in [2.05, 4.69) is 44.6 Å². The molecule has 0 amide bonds. The highest BCUT2D eigenvalue weighted by Crippen LogP contribution is 2.18. The van der Waals surface area contributed by atoms with Crippen LogP contribution in [-0.2, 0) is 0 Å². The van der Waals surface area contributed by atoms with Crippen LogP contribution in [0.2, 0.25) is 13.1 Å². The van der Waals surface area contributed by atoms with Crippen LogP contribution in [0, 0.1) is 0 Å². The fourth-order valence-electron chi connectivity index (χ4n) is 3.04. The van der Waals surface area contributed by atoms with Gasteiger partial charge in [-0.2, -0.15) is 0 Å². The van der Waals surface area contributed by atoms with E-state index in [1.807, 2.05) is 0 Å². The standard InChI is InChI=1S/C3H29N7Si9/c1-6-16-9(13-3)18(5-15-8(12-2)14-4)10-17-7(11)19(6)10/h5,18-19H,4,12-17H2,1-3,11H3. The zero-order valence-electron chi connectivity index (χ0n) is 12.7. The van der Waals surface area contributed by atoms with Crippen LogP contribution in [0.1, 0.15) is 0 Å². The fraction of sp³-hybridized carbons (Fsp3) is 1.00. The first-order valence-corrected chi connectivity index (χ1v) is 20.6. The minimum atomic E-state index is -0.856. The Bertz CT molecular complexity index is 293. The maximum atomic E-state index is 5.99. The largest absolute Gasteiger partial charge is 0.359 e. The summed E-state index contributed by atoms with van der Waals surface area (Å²) in [5, 5.41) is 5.99. The van der Waals surface area contributed by atoms with Gasteiger partial charge in [-0.05, 0) is 7.05 Å². The molecule has 0 bridgehead atoms. The second-order valence-corrected chi connectivity index (χ2v) is 33.9. The summed E-state index contributed by atoms with van der Waals surface area (Å²) in [4.78, 5) is 0. The molecule has 0 aromatic heterocycles. The third-order valence-corrected chi connectivity index (χ3v) is 35.1. The van der Waals surface area contributed by atoms with Crippen molar-refractivity contribution in [1.82, 2.24) is 24.5 Å². The first-order valence-electron chi connectivity index (χ1n) is 7.18. The molecule has 2 aliphatic heterocycles. The Morgan fingerprint density at radius 1 is 1.37 bits per heavy atom. The quantitative estimate of drug-likeness (QED) is 0.418. The van der Waals surface area contributed by atoms with Crippen LogP contribution in [0.4, 0.5) is 0 Å². The number of hydrogen-bond acceptors (Lipinski definition) is 7. The average Bonchev–Trinajstić information content (AvgIpc) is 2.39. The molecule has 2 atom stereocenters. The van der Waals surface area contributed by atoms with Gasteiger partial charge in [0.2, 0.25) is 18.6 Å². The van der Waals surface area contributed by atoms with Gasteiger partial charge in [0.05, 0.1) is 29.8 Å². The molecule has 16 heteroatoms. The van der Waals surface area contributed by atoms with E-state index in [-0.39, 0.29) is 58.7 Å². The van der Waals surface area contributed by atoms with Crippen LogP contribution in [-0.4, -0.2) is 115 Å². The van der Waals surface area contributed by atoms with Gasteiger partial charge in [-0.1, -0.05) is 13.1 Å². The first kappa shape index (κ1) is 17.0. The van der Waals surface area contributed by atoms with Crippen molar-refractivity contribution in [3.8, 4) is 0 Å². The molecule has 19 heavy (non-hydrogen) atoms. The molecule has 0 radical (unpaired) electrons. The van der Waals surface area contributed by atoms with Gasteiger partial charge in [0.15, 0.2) is 39.4 Å². The summed E-state index contributed by atoms with van der Waals surface area (Å²) in [7, 11) is 1.59. The lowest BCUT2D eigenvalue weighted by molar-refractivity contribution is 0.556. The summed E-state index contributed by atoms with van der Waals surface area (Å²) < 4.78 is 18.7. The maximum Gasteiger partial charge on any atom is 0.241 e. The SMILES string of the molecule is C[SiH2]N([SiH2]N)[SiH2]N[SiH]1N([SiH2]C)[SiH2]N(C)[SiH]2N([SiH3])[SiH2]N12. The second kappa shape index (κ2) is 7.79. The molecule has 0 aromatic rings. The summed E-state index contributed by atoms with van der Waals surface area (Å²) in [6, 6.07) is 0. The predicted molar refractivity (Wildman–Crippen MR) is 110 cm³/mol. The Hall–Kier alpha value is 1.67. The van der Waals surface area contributed by atoms with Crippen LogP contribution < -0.4 is 10.0 Å². The minimum absolute atomic E-state index is 0.00388. The molecule has 2 heterocycles. The number of fused-ring (bicyclic) bond motifs is 1. The van der Waals surface area contributed by atoms with E-state index in [0.717, 1.165) is 0 Å². The van der Waals surface area contributed by atoms with Gasteiger partial charge in [0, 0.05) is 0 Å². The summed E-state index contributed by atoms with van der Waals surface area (Å²) in [5.41, 5.74) is 0. The Kier molecular flexibility index (Phi) is 6.98. The average molecular weight is 416 g/mol. The molecule has 0 aliphatic carbocycles. The molecule has 0 aromatic carbocycles. The number of nitrogens with one attached hydrogen (secondary N) is 1. The van der Waals surface area contributed by atoms with Crippen LogP contribution in [0.25, 0.3) is 0 Å². The molecule has 2 rings (SSSR count).